The predicted molar refractivity (Wildman–Crippen MR) is 111 cm³/mol. The first-order valence-electron chi connectivity index (χ1n) is 8.96. The van der Waals surface area contributed by atoms with Crippen LogP contribution in [0.4, 0.5) is 11.4 Å². The second kappa shape index (κ2) is 7.09. The molecule has 7 nitrogen and oxygen atoms in total. The number of non-ortho nitro benzene ring substituents is 1. The van der Waals surface area contributed by atoms with E-state index in [2.05, 4.69) is 29.4 Å². The number of benzene rings is 2. The van der Waals surface area contributed by atoms with Crippen molar-refractivity contribution < 1.29 is 4.92 Å². The zero-order valence-corrected chi connectivity index (χ0v) is 16.1. The van der Waals surface area contributed by atoms with Gasteiger partial charge in [0.25, 0.3) is 5.69 Å². The summed E-state index contributed by atoms with van der Waals surface area (Å²) in [7, 11) is 0. The first-order valence-corrected chi connectivity index (χ1v) is 9.34. The zero-order valence-electron chi connectivity index (χ0n) is 15.4. The number of hydrogen-bond acceptors (Lipinski definition) is 5. The highest BCUT2D eigenvalue weighted by atomic mass is 35.5. The summed E-state index contributed by atoms with van der Waals surface area (Å²) in [4.78, 5) is 16.1. The fourth-order valence-corrected chi connectivity index (χ4v) is 3.50. The summed E-state index contributed by atoms with van der Waals surface area (Å²) in [6.45, 7) is 4.18. The highest BCUT2D eigenvalue weighted by Gasteiger charge is 2.26. The van der Waals surface area contributed by atoms with Crippen molar-refractivity contribution in [1.29, 1.82) is 0 Å². The summed E-state index contributed by atoms with van der Waals surface area (Å²) >= 11 is 6.46. The fraction of sp³-hybridized carbons (Fsp3) is 0.200. The topological polar surface area (TPSA) is 96.2 Å². The van der Waals surface area contributed by atoms with Crippen molar-refractivity contribution in [3.05, 3.63) is 74.7 Å². The Morgan fingerprint density at radius 2 is 2.07 bits per heavy atom. The van der Waals surface area contributed by atoms with Gasteiger partial charge in [0, 0.05) is 28.4 Å². The SMILES string of the molecule is CCC(C)C1=CNc2c(cc([N+](=O)[O-])c3[nH]ncc23)C(c2ccccc2Cl)=N1. The van der Waals surface area contributed by atoms with Gasteiger partial charge in [0.1, 0.15) is 5.52 Å². The second-order valence-electron chi connectivity index (χ2n) is 6.70. The third-order valence-corrected chi connectivity index (χ3v) is 5.35. The van der Waals surface area contributed by atoms with E-state index in [1.54, 1.807) is 12.3 Å². The Morgan fingerprint density at radius 3 is 2.79 bits per heavy atom. The van der Waals surface area contributed by atoms with Gasteiger partial charge in [-0.2, -0.15) is 5.10 Å². The van der Waals surface area contributed by atoms with Crippen LogP contribution in [0.5, 0.6) is 0 Å². The number of hydrogen-bond donors (Lipinski definition) is 2. The lowest BCUT2D eigenvalue weighted by molar-refractivity contribution is -0.383. The highest BCUT2D eigenvalue weighted by molar-refractivity contribution is 6.36. The number of nitrogens with one attached hydrogen (secondary N) is 2. The van der Waals surface area contributed by atoms with Crippen molar-refractivity contribution in [2.24, 2.45) is 10.9 Å². The number of fused-ring (bicyclic) bond motifs is 3. The van der Waals surface area contributed by atoms with Crippen molar-refractivity contribution in [3.8, 4) is 0 Å². The van der Waals surface area contributed by atoms with Gasteiger partial charge in [0.05, 0.1) is 33.6 Å². The van der Waals surface area contributed by atoms with Gasteiger partial charge >= 0.3 is 0 Å². The molecule has 1 aliphatic rings. The Bertz CT molecular complexity index is 1150. The summed E-state index contributed by atoms with van der Waals surface area (Å²) in [5.74, 6) is 0.203. The molecular formula is C20H18ClN5O2. The van der Waals surface area contributed by atoms with Gasteiger partial charge in [-0.05, 0) is 18.4 Å². The van der Waals surface area contributed by atoms with Gasteiger partial charge in [0.2, 0.25) is 0 Å². The summed E-state index contributed by atoms with van der Waals surface area (Å²) < 4.78 is 0. The van der Waals surface area contributed by atoms with Gasteiger partial charge in [0.15, 0.2) is 0 Å². The average Bonchev–Trinajstić information content (AvgIpc) is 3.10. The molecule has 0 saturated heterocycles. The molecule has 1 atom stereocenters. The molecule has 1 aliphatic heterocycles. The normalized spacial score (nSPS) is 14.5. The van der Waals surface area contributed by atoms with E-state index in [-0.39, 0.29) is 11.6 Å². The molecule has 0 amide bonds. The van der Waals surface area contributed by atoms with Gasteiger partial charge in [-0.1, -0.05) is 43.6 Å². The number of nitro groups is 1. The molecule has 4 rings (SSSR count). The third kappa shape index (κ3) is 2.93. The van der Waals surface area contributed by atoms with Crippen LogP contribution in [0.2, 0.25) is 5.02 Å². The number of H-pyrrole nitrogens is 1. The average molecular weight is 396 g/mol. The van der Waals surface area contributed by atoms with Crippen LogP contribution in [0.25, 0.3) is 10.9 Å². The summed E-state index contributed by atoms with van der Waals surface area (Å²) in [5.41, 5.74) is 3.82. The molecule has 0 spiro atoms. The van der Waals surface area contributed by atoms with E-state index in [9.17, 15) is 10.1 Å². The van der Waals surface area contributed by atoms with Crippen LogP contribution in [0.3, 0.4) is 0 Å². The number of anilines is 1. The molecule has 142 valence electrons. The zero-order chi connectivity index (χ0) is 19.8. The van der Waals surface area contributed by atoms with Gasteiger partial charge in [-0.3, -0.25) is 20.2 Å². The molecule has 2 aromatic carbocycles. The molecule has 1 unspecified atom stereocenters. The molecular weight excluding hydrogens is 378 g/mol. The van der Waals surface area contributed by atoms with Crippen molar-refractivity contribution in [2.75, 3.05) is 5.32 Å². The van der Waals surface area contributed by atoms with Gasteiger partial charge in [-0.15, -0.1) is 0 Å². The van der Waals surface area contributed by atoms with Crippen LogP contribution < -0.4 is 5.32 Å². The minimum Gasteiger partial charge on any atom is -0.359 e. The Morgan fingerprint density at radius 1 is 1.29 bits per heavy atom. The molecule has 28 heavy (non-hydrogen) atoms. The van der Waals surface area contributed by atoms with Crippen molar-refractivity contribution in [2.45, 2.75) is 20.3 Å². The van der Waals surface area contributed by atoms with E-state index in [1.807, 2.05) is 24.4 Å². The number of nitro benzene ring substituents is 1. The number of rotatable bonds is 4. The highest BCUT2D eigenvalue weighted by Crippen LogP contribution is 2.38. The maximum atomic E-state index is 11.7. The second-order valence-corrected chi connectivity index (χ2v) is 7.10. The largest absolute Gasteiger partial charge is 0.359 e. The predicted octanol–water partition coefficient (Wildman–Crippen LogP) is 5.27. The van der Waals surface area contributed by atoms with E-state index in [1.165, 1.54) is 6.07 Å². The molecule has 8 heteroatoms. The minimum absolute atomic E-state index is 0.0557. The van der Waals surface area contributed by atoms with E-state index in [0.717, 1.165) is 17.7 Å². The van der Waals surface area contributed by atoms with Gasteiger partial charge < -0.3 is 5.32 Å². The van der Waals surface area contributed by atoms with Crippen molar-refractivity contribution in [3.63, 3.8) is 0 Å². The number of halogens is 1. The van der Waals surface area contributed by atoms with Crippen LogP contribution >= 0.6 is 11.6 Å². The molecule has 0 radical (unpaired) electrons. The number of nitrogens with zero attached hydrogens (tertiary/aromatic N) is 3. The van der Waals surface area contributed by atoms with E-state index < -0.39 is 4.92 Å². The van der Waals surface area contributed by atoms with Crippen molar-refractivity contribution in [1.82, 2.24) is 10.2 Å². The number of aliphatic imine (C=N–C) groups is 1. The van der Waals surface area contributed by atoms with Crippen LogP contribution in [0.15, 0.2) is 53.4 Å². The Labute approximate surface area is 166 Å². The number of aromatic amines is 1. The summed E-state index contributed by atoms with van der Waals surface area (Å²) in [6, 6.07) is 8.90. The molecule has 1 aromatic heterocycles. The van der Waals surface area contributed by atoms with E-state index >= 15 is 0 Å². The standard InChI is InChI=1S/C20H18ClN5O2/c1-3-11(2)16-10-22-18-13(19(24-16)12-6-4-5-7-15(12)21)8-17(26(27)28)20-14(18)9-23-25-20/h4-11,22H,3H2,1-2H3,(H,23,25). The molecule has 0 bridgehead atoms. The third-order valence-electron chi connectivity index (χ3n) is 5.02. The lowest BCUT2D eigenvalue weighted by Gasteiger charge is -2.13. The monoisotopic (exact) mass is 395 g/mol. The smallest absolute Gasteiger partial charge is 0.295 e. The Balaban J connectivity index is 2.07. The molecule has 2 heterocycles. The fourth-order valence-electron chi connectivity index (χ4n) is 3.27. The maximum Gasteiger partial charge on any atom is 0.295 e. The van der Waals surface area contributed by atoms with Crippen LogP contribution in [0, 0.1) is 16.0 Å². The first kappa shape index (κ1) is 18.2. The first-order chi connectivity index (χ1) is 13.5. The quantitative estimate of drug-likeness (QED) is 0.464. The van der Waals surface area contributed by atoms with Crippen LogP contribution in [-0.2, 0) is 0 Å². The van der Waals surface area contributed by atoms with Crippen molar-refractivity contribution >= 4 is 39.6 Å². The van der Waals surface area contributed by atoms with Gasteiger partial charge in [-0.25, -0.2) is 0 Å². The molecule has 3 aromatic rings. The number of aromatic nitrogens is 2. The Hall–Kier alpha value is -3.19. The molecule has 2 N–H and O–H groups in total. The maximum absolute atomic E-state index is 11.7. The minimum atomic E-state index is -0.418. The summed E-state index contributed by atoms with van der Waals surface area (Å²) in [6.07, 6.45) is 4.35. The number of allylic oxidation sites excluding steroid dienone is 1. The van der Waals surface area contributed by atoms with E-state index in [4.69, 9.17) is 16.6 Å². The summed E-state index contributed by atoms with van der Waals surface area (Å²) in [5, 5.41) is 22.9. The molecule has 0 fully saturated rings. The molecule has 0 saturated carbocycles. The van der Waals surface area contributed by atoms with Crippen LogP contribution in [0.1, 0.15) is 31.4 Å². The molecule has 0 aliphatic carbocycles. The Kier molecular flexibility index (Phi) is 4.60. The van der Waals surface area contributed by atoms with Crippen LogP contribution in [-0.4, -0.2) is 20.8 Å². The lowest BCUT2D eigenvalue weighted by Crippen LogP contribution is -2.08. The lowest BCUT2D eigenvalue weighted by atomic mass is 9.97. The van der Waals surface area contributed by atoms with E-state index in [0.29, 0.717) is 32.9 Å².